The molecule has 3 N–H and O–H groups in total. The molecular weight excluding hydrogens is 240 g/mol. The molecule has 1 atom stereocenters. The topological polar surface area (TPSA) is 38.0 Å². The van der Waals surface area contributed by atoms with Crippen molar-refractivity contribution in [2.24, 2.45) is 11.8 Å². The summed E-state index contributed by atoms with van der Waals surface area (Å²) in [5.41, 5.74) is 4.35. The van der Waals surface area contributed by atoms with Crippen LogP contribution in [0, 0.1) is 12.8 Å². The summed E-state index contributed by atoms with van der Waals surface area (Å²) in [6, 6.07) is 9.21. The van der Waals surface area contributed by atoms with Crippen LogP contribution in [0.5, 0.6) is 0 Å². The number of benzene rings is 1. The summed E-state index contributed by atoms with van der Waals surface area (Å²) < 4.78 is 0. The van der Waals surface area contributed by atoms with Crippen LogP contribution in [-0.4, -0.2) is 11.8 Å². The molecule has 3 heteroatoms. The van der Waals surface area contributed by atoms with Crippen molar-refractivity contribution < 1.29 is 0 Å². The van der Waals surface area contributed by atoms with Crippen LogP contribution in [0.4, 0.5) is 0 Å². The number of hydrogen-bond donors (Lipinski definition) is 2. The molecule has 1 unspecified atom stereocenters. The molecule has 1 saturated carbocycles. The van der Waals surface area contributed by atoms with Crippen LogP contribution in [0.3, 0.4) is 0 Å². The molecule has 1 aliphatic carbocycles. The van der Waals surface area contributed by atoms with Crippen LogP contribution in [-0.2, 0) is 0 Å². The first-order valence-electron chi connectivity index (χ1n) is 6.95. The van der Waals surface area contributed by atoms with Crippen LogP contribution in [0.15, 0.2) is 29.2 Å². The fourth-order valence-electron chi connectivity index (χ4n) is 2.68. The van der Waals surface area contributed by atoms with Crippen molar-refractivity contribution >= 4 is 11.8 Å². The fraction of sp³-hybridized carbons (Fsp3) is 0.600. The molecule has 0 bridgehead atoms. The fourth-order valence-corrected chi connectivity index (χ4v) is 3.75. The van der Waals surface area contributed by atoms with Crippen LogP contribution >= 0.6 is 11.8 Å². The van der Waals surface area contributed by atoms with Gasteiger partial charge in [-0.25, -0.2) is 0 Å². The number of thioether (sulfide) groups is 1. The van der Waals surface area contributed by atoms with Gasteiger partial charge >= 0.3 is 0 Å². The lowest BCUT2D eigenvalue weighted by atomic mass is 9.85. The molecule has 2 rings (SSSR count). The number of hydrazine groups is 1. The molecule has 1 aliphatic rings. The average molecular weight is 264 g/mol. The average Bonchev–Trinajstić information content (AvgIpc) is 2.43. The maximum atomic E-state index is 5.73. The lowest BCUT2D eigenvalue weighted by Crippen LogP contribution is -2.43. The standard InChI is InChI=1S/C15H24N2S/c1-12-7-9-14(10-8-12)18-11-15(17-16)13-5-3-2-4-6-13/h7-10,13,15,17H,2-6,11,16H2,1H3. The van der Waals surface area contributed by atoms with Crippen molar-refractivity contribution in [1.82, 2.24) is 5.43 Å². The van der Waals surface area contributed by atoms with Gasteiger partial charge in [0.2, 0.25) is 0 Å². The van der Waals surface area contributed by atoms with Crippen molar-refractivity contribution in [3.05, 3.63) is 29.8 Å². The van der Waals surface area contributed by atoms with E-state index in [1.807, 2.05) is 11.8 Å². The molecule has 0 radical (unpaired) electrons. The smallest absolute Gasteiger partial charge is 0.0332 e. The SMILES string of the molecule is Cc1ccc(SCC(NN)C2CCCCC2)cc1. The van der Waals surface area contributed by atoms with Crippen molar-refractivity contribution in [3.8, 4) is 0 Å². The zero-order valence-corrected chi connectivity index (χ0v) is 12.0. The van der Waals surface area contributed by atoms with E-state index in [-0.39, 0.29) is 0 Å². The maximum Gasteiger partial charge on any atom is 0.0332 e. The zero-order chi connectivity index (χ0) is 12.8. The Balaban J connectivity index is 1.84. The van der Waals surface area contributed by atoms with Gasteiger partial charge in [-0.15, -0.1) is 11.8 Å². The van der Waals surface area contributed by atoms with E-state index in [1.165, 1.54) is 42.6 Å². The molecule has 0 amide bonds. The Morgan fingerprint density at radius 1 is 1.22 bits per heavy atom. The summed E-state index contributed by atoms with van der Waals surface area (Å²) in [7, 11) is 0. The molecule has 0 aliphatic heterocycles. The Labute approximate surface area is 115 Å². The molecule has 100 valence electrons. The molecule has 1 aromatic carbocycles. The summed E-state index contributed by atoms with van der Waals surface area (Å²) >= 11 is 1.91. The van der Waals surface area contributed by atoms with E-state index in [4.69, 9.17) is 5.84 Å². The van der Waals surface area contributed by atoms with Gasteiger partial charge in [0, 0.05) is 16.7 Å². The Morgan fingerprint density at radius 3 is 2.50 bits per heavy atom. The molecule has 0 spiro atoms. The first kappa shape index (κ1) is 13.9. The summed E-state index contributed by atoms with van der Waals surface area (Å²) in [6.45, 7) is 2.13. The van der Waals surface area contributed by atoms with E-state index in [9.17, 15) is 0 Å². The second-order valence-electron chi connectivity index (χ2n) is 5.30. The number of nitrogens with one attached hydrogen (secondary N) is 1. The van der Waals surface area contributed by atoms with E-state index >= 15 is 0 Å². The largest absolute Gasteiger partial charge is 0.271 e. The number of aryl methyl sites for hydroxylation is 1. The summed E-state index contributed by atoms with van der Waals surface area (Å²) in [6.07, 6.45) is 6.82. The third-order valence-electron chi connectivity index (χ3n) is 3.88. The molecule has 1 fully saturated rings. The summed E-state index contributed by atoms with van der Waals surface area (Å²) in [5, 5.41) is 0. The lowest BCUT2D eigenvalue weighted by Gasteiger charge is -2.29. The highest BCUT2D eigenvalue weighted by atomic mass is 32.2. The molecule has 0 aromatic heterocycles. The van der Waals surface area contributed by atoms with Crippen molar-refractivity contribution in [3.63, 3.8) is 0 Å². The first-order valence-corrected chi connectivity index (χ1v) is 7.94. The Bertz CT molecular complexity index is 344. The van der Waals surface area contributed by atoms with E-state index in [2.05, 4.69) is 36.6 Å². The Kier molecular flexibility index (Phi) is 5.54. The number of hydrogen-bond acceptors (Lipinski definition) is 3. The van der Waals surface area contributed by atoms with Gasteiger partial charge in [0.05, 0.1) is 0 Å². The lowest BCUT2D eigenvalue weighted by molar-refractivity contribution is 0.287. The van der Waals surface area contributed by atoms with Gasteiger partial charge < -0.3 is 0 Å². The van der Waals surface area contributed by atoms with Gasteiger partial charge in [0.15, 0.2) is 0 Å². The van der Waals surface area contributed by atoms with Crippen molar-refractivity contribution in [2.45, 2.75) is 50.0 Å². The van der Waals surface area contributed by atoms with E-state index in [1.54, 1.807) is 0 Å². The Morgan fingerprint density at radius 2 is 1.89 bits per heavy atom. The molecule has 0 heterocycles. The zero-order valence-electron chi connectivity index (χ0n) is 11.2. The number of nitrogens with two attached hydrogens (primary N) is 1. The van der Waals surface area contributed by atoms with Crippen LogP contribution in [0.1, 0.15) is 37.7 Å². The number of rotatable bonds is 5. The summed E-state index contributed by atoms with van der Waals surface area (Å²) in [5.74, 6) is 7.57. The third-order valence-corrected chi connectivity index (χ3v) is 5.01. The molecule has 1 aromatic rings. The second-order valence-corrected chi connectivity index (χ2v) is 6.39. The molecule has 2 nitrogen and oxygen atoms in total. The minimum Gasteiger partial charge on any atom is -0.271 e. The minimum atomic E-state index is 0.455. The van der Waals surface area contributed by atoms with Gasteiger partial charge in [-0.3, -0.25) is 11.3 Å². The van der Waals surface area contributed by atoms with Crippen LogP contribution < -0.4 is 11.3 Å². The first-order chi connectivity index (χ1) is 8.79. The minimum absolute atomic E-state index is 0.455. The van der Waals surface area contributed by atoms with Crippen LogP contribution in [0.2, 0.25) is 0 Å². The molecule has 0 saturated heterocycles. The normalized spacial score (nSPS) is 18.8. The molecular formula is C15H24N2S. The van der Waals surface area contributed by atoms with Gasteiger partial charge in [-0.05, 0) is 37.8 Å². The highest BCUT2D eigenvalue weighted by molar-refractivity contribution is 7.99. The summed E-state index contributed by atoms with van der Waals surface area (Å²) in [4.78, 5) is 1.34. The predicted molar refractivity (Wildman–Crippen MR) is 79.6 cm³/mol. The van der Waals surface area contributed by atoms with Gasteiger partial charge in [0.25, 0.3) is 0 Å². The highest BCUT2D eigenvalue weighted by Gasteiger charge is 2.22. The van der Waals surface area contributed by atoms with E-state index in [0.29, 0.717) is 6.04 Å². The van der Waals surface area contributed by atoms with Crippen LogP contribution in [0.25, 0.3) is 0 Å². The van der Waals surface area contributed by atoms with Crippen molar-refractivity contribution in [1.29, 1.82) is 0 Å². The molecule has 18 heavy (non-hydrogen) atoms. The monoisotopic (exact) mass is 264 g/mol. The van der Waals surface area contributed by atoms with E-state index < -0.39 is 0 Å². The predicted octanol–water partition coefficient (Wildman–Crippen LogP) is 3.50. The highest BCUT2D eigenvalue weighted by Crippen LogP contribution is 2.29. The quantitative estimate of drug-likeness (QED) is 0.485. The van der Waals surface area contributed by atoms with Gasteiger partial charge in [-0.1, -0.05) is 37.0 Å². The maximum absolute atomic E-state index is 5.73. The van der Waals surface area contributed by atoms with Gasteiger partial charge in [0.1, 0.15) is 0 Å². The second kappa shape index (κ2) is 7.17. The van der Waals surface area contributed by atoms with E-state index in [0.717, 1.165) is 11.7 Å². The third kappa shape index (κ3) is 4.01. The van der Waals surface area contributed by atoms with Crippen molar-refractivity contribution in [2.75, 3.05) is 5.75 Å². The van der Waals surface area contributed by atoms with Gasteiger partial charge in [-0.2, -0.15) is 0 Å². The Hall–Kier alpha value is -0.510.